The predicted octanol–water partition coefficient (Wildman–Crippen LogP) is 1.01. The van der Waals surface area contributed by atoms with Crippen molar-refractivity contribution in [1.29, 1.82) is 0 Å². The van der Waals surface area contributed by atoms with E-state index in [-0.39, 0.29) is 0 Å². The Kier molecular flexibility index (Phi) is 4.28. The summed E-state index contributed by atoms with van der Waals surface area (Å²) in [5.41, 5.74) is 2.82. The third-order valence-electron chi connectivity index (χ3n) is 4.67. The summed E-state index contributed by atoms with van der Waals surface area (Å²) in [5, 5.41) is 0. The Labute approximate surface area is 159 Å². The number of rotatable bonds is 4. The van der Waals surface area contributed by atoms with Gasteiger partial charge in [0.1, 0.15) is 0 Å². The molecule has 2 aromatic carbocycles. The molecule has 0 N–H and O–H groups in total. The molecule has 0 atom stereocenters. The summed E-state index contributed by atoms with van der Waals surface area (Å²) in [5.74, 6) is 0. The fraction of sp³-hybridized carbons (Fsp3) is 0.158. The van der Waals surface area contributed by atoms with Crippen LogP contribution in [0, 0.1) is 7.14 Å². The molecular formula is C19H14F3IO3S-2. The zero-order valence-electron chi connectivity index (χ0n) is 13.8. The Balaban J connectivity index is 1.99. The zero-order valence-corrected chi connectivity index (χ0v) is 16.8. The van der Waals surface area contributed by atoms with Crippen LogP contribution in [0.1, 0.15) is 22.3 Å². The average molecular weight is 506 g/mol. The SMILES string of the molecule is O=S(=O)([O-])C(F)(F)[I-](F)(c1ccc2c(c1)C=CC2)c1ccc2c(c1)C=CC2. The number of fused-ring (bicyclic) bond motifs is 2. The summed E-state index contributed by atoms with van der Waals surface area (Å²) in [6.07, 6.45) is 8.17. The van der Waals surface area contributed by atoms with E-state index >= 15 is 2.86 Å². The van der Waals surface area contributed by atoms with Gasteiger partial charge in [-0.1, -0.05) is 0 Å². The Morgan fingerprint density at radius 2 is 1.33 bits per heavy atom. The van der Waals surface area contributed by atoms with Crippen LogP contribution in [0.4, 0.5) is 11.6 Å². The first-order valence-electron chi connectivity index (χ1n) is 8.04. The number of allylic oxidation sites excluding steroid dienone is 2. The molecule has 0 amide bonds. The van der Waals surface area contributed by atoms with Crippen molar-refractivity contribution in [3.63, 3.8) is 0 Å². The fourth-order valence-electron chi connectivity index (χ4n) is 3.27. The van der Waals surface area contributed by atoms with Crippen molar-refractivity contribution >= 4 is 22.3 Å². The van der Waals surface area contributed by atoms with Crippen LogP contribution >= 0.6 is 0 Å². The summed E-state index contributed by atoms with van der Waals surface area (Å²) in [6.45, 7) is 0. The molecule has 3 nitrogen and oxygen atoms in total. The van der Waals surface area contributed by atoms with E-state index in [1.165, 1.54) is 36.4 Å². The molecule has 8 heteroatoms. The maximum absolute atomic E-state index is 16.3. The van der Waals surface area contributed by atoms with Crippen molar-refractivity contribution in [2.75, 3.05) is 0 Å². The molecule has 0 spiro atoms. The van der Waals surface area contributed by atoms with Crippen LogP contribution in [-0.2, 0) is 23.0 Å². The Bertz CT molecular complexity index is 1040. The van der Waals surface area contributed by atoms with Crippen molar-refractivity contribution in [3.05, 3.63) is 77.9 Å². The molecule has 0 aromatic heterocycles. The van der Waals surface area contributed by atoms with Gasteiger partial charge in [0.2, 0.25) is 0 Å². The quantitative estimate of drug-likeness (QED) is 0.354. The zero-order chi connectivity index (χ0) is 19.4. The van der Waals surface area contributed by atoms with Gasteiger partial charge in [0.25, 0.3) is 0 Å². The second-order valence-electron chi connectivity index (χ2n) is 6.30. The summed E-state index contributed by atoms with van der Waals surface area (Å²) >= 11 is -6.33. The van der Waals surface area contributed by atoms with Gasteiger partial charge in [-0.3, -0.25) is 0 Å². The molecule has 2 aliphatic carbocycles. The van der Waals surface area contributed by atoms with Gasteiger partial charge in [0, 0.05) is 0 Å². The standard InChI is InChI=1S/C19H15F3IO3S/c20-19(21,27(24,25)26)23(22,17-9-7-13-3-1-5-15(13)11-17)18-10-8-14-4-2-6-16(14)12-18/h1-2,5-12H,3-4H2,(H,24,25,26)/q-1/p-1. The molecule has 0 unspecified atom stereocenters. The Morgan fingerprint density at radius 1 is 0.889 bits per heavy atom. The first-order valence-corrected chi connectivity index (χ1v) is 13.5. The first kappa shape index (κ1) is 18.7. The molecule has 0 saturated carbocycles. The van der Waals surface area contributed by atoms with Gasteiger partial charge < -0.3 is 0 Å². The van der Waals surface area contributed by atoms with Crippen LogP contribution in [0.2, 0.25) is 0 Å². The van der Waals surface area contributed by atoms with Crippen molar-refractivity contribution in [2.24, 2.45) is 0 Å². The number of alkyl halides is 3. The van der Waals surface area contributed by atoms with Crippen LogP contribution in [0.15, 0.2) is 48.6 Å². The molecule has 0 aliphatic heterocycles. The van der Waals surface area contributed by atoms with Gasteiger partial charge in [0.15, 0.2) is 0 Å². The third-order valence-corrected chi connectivity index (χ3v) is 14.8. The Hall–Kier alpha value is -1.65. The molecule has 27 heavy (non-hydrogen) atoms. The second kappa shape index (κ2) is 6.18. The van der Waals surface area contributed by atoms with Crippen molar-refractivity contribution < 1.29 is 43.6 Å². The minimum atomic E-state index is -6.33. The van der Waals surface area contributed by atoms with Crippen LogP contribution in [0.25, 0.3) is 12.2 Å². The summed E-state index contributed by atoms with van der Waals surface area (Å²) < 4.78 is 74.3. The molecule has 0 fully saturated rings. The molecule has 2 aromatic rings. The number of hydrogen-bond donors (Lipinski definition) is 0. The van der Waals surface area contributed by atoms with E-state index in [9.17, 15) is 21.8 Å². The topological polar surface area (TPSA) is 57.2 Å². The molecule has 0 radical (unpaired) electrons. The Morgan fingerprint density at radius 3 is 1.74 bits per heavy atom. The van der Waals surface area contributed by atoms with Gasteiger partial charge in [-0.2, -0.15) is 0 Å². The van der Waals surface area contributed by atoms with Crippen molar-refractivity contribution in [3.8, 4) is 0 Å². The van der Waals surface area contributed by atoms with E-state index in [0.29, 0.717) is 24.0 Å². The molecule has 4 rings (SSSR count). The van der Waals surface area contributed by atoms with E-state index < -0.39 is 39.5 Å². The molecule has 144 valence electrons. The van der Waals surface area contributed by atoms with E-state index in [4.69, 9.17) is 0 Å². The monoisotopic (exact) mass is 506 g/mol. The van der Waals surface area contributed by atoms with Crippen molar-refractivity contribution in [1.82, 2.24) is 0 Å². The van der Waals surface area contributed by atoms with Crippen LogP contribution in [0.3, 0.4) is 0 Å². The molecule has 2 aliphatic rings. The average Bonchev–Trinajstić information content (AvgIpc) is 3.27. The minimum absolute atomic E-state index is 0.390. The van der Waals surface area contributed by atoms with Gasteiger partial charge in [-0.15, -0.1) is 0 Å². The number of halogens is 4. The first-order chi connectivity index (χ1) is 12.6. The number of benzene rings is 2. The normalized spacial score (nSPS) is 16.4. The van der Waals surface area contributed by atoms with Crippen LogP contribution in [-0.4, -0.2) is 16.2 Å². The summed E-state index contributed by atoms with van der Waals surface area (Å²) in [6, 6.07) is 7.96. The van der Waals surface area contributed by atoms with Gasteiger partial charge in [0.05, 0.1) is 0 Å². The molecule has 0 saturated heterocycles. The van der Waals surface area contributed by atoms with Gasteiger partial charge >= 0.3 is 160 Å². The van der Waals surface area contributed by atoms with E-state index in [1.807, 2.05) is 12.2 Å². The second-order valence-corrected chi connectivity index (χ2v) is 15.1. The maximum atomic E-state index is 16.3. The van der Waals surface area contributed by atoms with Crippen LogP contribution in [0.5, 0.6) is 0 Å². The van der Waals surface area contributed by atoms with E-state index in [0.717, 1.165) is 11.1 Å². The van der Waals surface area contributed by atoms with Gasteiger partial charge in [-0.25, -0.2) is 0 Å². The van der Waals surface area contributed by atoms with E-state index in [1.54, 1.807) is 12.2 Å². The summed E-state index contributed by atoms with van der Waals surface area (Å²) in [4.78, 5) is 0. The van der Waals surface area contributed by atoms with Crippen LogP contribution < -0.4 is 19.0 Å². The fourth-order valence-corrected chi connectivity index (χ4v) is 12.0. The van der Waals surface area contributed by atoms with Gasteiger partial charge in [-0.05, 0) is 0 Å². The molecule has 0 bridgehead atoms. The van der Waals surface area contributed by atoms with Crippen molar-refractivity contribution in [2.45, 2.75) is 16.1 Å². The summed E-state index contributed by atoms with van der Waals surface area (Å²) in [7, 11) is -6.20. The molecule has 0 heterocycles. The van der Waals surface area contributed by atoms with E-state index in [2.05, 4.69) is 0 Å². The third kappa shape index (κ3) is 2.76. The number of hydrogen-bond acceptors (Lipinski definition) is 3. The predicted molar refractivity (Wildman–Crippen MR) is 91.5 cm³/mol. The molecular weight excluding hydrogens is 492 g/mol.